The number of rotatable bonds is 19. The molecular weight excluding hydrogens is 960 g/mol. The van der Waals surface area contributed by atoms with Gasteiger partial charge in [-0.3, -0.25) is 24.4 Å². The van der Waals surface area contributed by atoms with Gasteiger partial charge in [-0.25, -0.2) is 4.98 Å². The molecule has 5 N–H and O–H groups in total. The fourth-order valence-electron chi connectivity index (χ4n) is 8.93. The fourth-order valence-corrected chi connectivity index (χ4v) is 10.5. The quantitative estimate of drug-likeness (QED) is 0.0452. The highest BCUT2D eigenvalue weighted by Gasteiger charge is 2.48. The van der Waals surface area contributed by atoms with Gasteiger partial charge in [-0.1, -0.05) is 47.0 Å². The van der Waals surface area contributed by atoms with Crippen LogP contribution in [0, 0.1) is 20.8 Å². The van der Waals surface area contributed by atoms with Gasteiger partial charge in [-0.05, 0) is 81.6 Å². The molecule has 0 radical (unpaired) electrons. The van der Waals surface area contributed by atoms with Crippen LogP contribution in [0.3, 0.4) is 0 Å². The summed E-state index contributed by atoms with van der Waals surface area (Å²) in [5, 5.41) is 47.1. The number of H-pyrrole nitrogens is 1. The molecule has 0 saturated carbocycles. The van der Waals surface area contributed by atoms with Gasteiger partial charge in [-0.2, -0.15) is 4.98 Å². The Morgan fingerprint density at radius 3 is 2.61 bits per heavy atom. The number of thiophene rings is 1. The number of halogens is 2. The number of aliphatic hydroxyl groups is 2. The summed E-state index contributed by atoms with van der Waals surface area (Å²) in [6.07, 6.45) is 2.17. The van der Waals surface area contributed by atoms with Crippen LogP contribution < -0.4 is 20.1 Å². The second-order valence-corrected chi connectivity index (χ2v) is 19.6. The lowest BCUT2D eigenvalue weighted by Gasteiger charge is -2.17. The molecule has 2 saturated heterocycles. The smallest absolute Gasteiger partial charge is 0.296 e. The number of aromatic nitrogens is 9. The van der Waals surface area contributed by atoms with E-state index in [1.54, 1.807) is 22.1 Å². The SMILES string of the molecule is Cc1sc2c(c1C)C(c1ccc(Cl)cc1)=N[C@@H](CC(O)NCc1cn(CCCCCC(=O)NCCOc3ccc(-c4nc5nc(O[C@@H]6CO[C@H]7[C@@H]6OC[C@H]7O)[nH]c5cc4Cl)cc3)nn1)c1nnc(C)n1-2. The average molecular weight is 1010 g/mol. The van der Waals surface area contributed by atoms with Crippen LogP contribution in [0.5, 0.6) is 11.8 Å². The first-order chi connectivity index (χ1) is 33.9. The molecule has 3 aliphatic rings. The molecule has 1 unspecified atom stereocenters. The average Bonchev–Trinajstić information content (AvgIpc) is 4.22. The van der Waals surface area contributed by atoms with Crippen LogP contribution >= 0.6 is 34.5 Å². The fraction of sp³-hybridized carbons (Fsp3) is 0.417. The maximum absolute atomic E-state index is 12.6. The first kappa shape index (κ1) is 47.8. The number of nitrogens with one attached hydrogen (secondary N) is 3. The monoisotopic (exact) mass is 1010 g/mol. The van der Waals surface area contributed by atoms with Gasteiger partial charge in [0.05, 0.1) is 47.4 Å². The summed E-state index contributed by atoms with van der Waals surface area (Å²) in [6.45, 7) is 8.29. The number of hydrogen-bond donors (Lipinski definition) is 5. The summed E-state index contributed by atoms with van der Waals surface area (Å²) in [7, 11) is 0. The molecule has 70 heavy (non-hydrogen) atoms. The molecule has 1 amide bonds. The van der Waals surface area contributed by atoms with Crippen molar-refractivity contribution in [1.82, 2.24) is 55.3 Å². The van der Waals surface area contributed by atoms with E-state index in [2.05, 4.69) is 64.5 Å². The molecule has 22 heteroatoms. The molecule has 0 spiro atoms. The molecule has 0 aliphatic carbocycles. The van der Waals surface area contributed by atoms with Crippen LogP contribution in [-0.2, 0) is 27.4 Å². The van der Waals surface area contributed by atoms with Gasteiger partial charge >= 0.3 is 0 Å². The van der Waals surface area contributed by atoms with Crippen molar-refractivity contribution in [1.29, 1.82) is 0 Å². The first-order valence-electron chi connectivity index (χ1n) is 23.3. The minimum atomic E-state index is -0.919. The Kier molecular flexibility index (Phi) is 14.3. The van der Waals surface area contributed by atoms with E-state index in [0.29, 0.717) is 76.8 Å². The van der Waals surface area contributed by atoms with E-state index < -0.39 is 30.6 Å². The van der Waals surface area contributed by atoms with Crippen molar-refractivity contribution in [2.45, 2.75) is 103 Å². The molecule has 19 nitrogen and oxygen atoms in total. The number of carbonyl (C=O) groups is 1. The number of nitrogens with zero attached hydrogens (tertiary/aromatic N) is 9. The lowest BCUT2D eigenvalue weighted by Crippen LogP contribution is -2.34. The maximum Gasteiger partial charge on any atom is 0.296 e. The van der Waals surface area contributed by atoms with E-state index >= 15 is 0 Å². The van der Waals surface area contributed by atoms with Crippen molar-refractivity contribution in [2.75, 3.05) is 26.4 Å². The standard InChI is InChI=1S/C48H52Cl2N12O7S/c1-25-26(2)70-47-40(25)42(29-8-12-30(49)13-9-29)53-35(46-59-57-27(3)62(46)47)20-39(65)52-21-31-22-61(60-58-31)17-6-4-5-7-38(64)51-16-18-66-32-14-10-28(11-15-32)41-33(50)19-34-45(55-41)56-48(54-34)69-37-24-68-43-36(63)23-67-44(37)43/h8-15,19,22,35-37,39,43-44,52,63,65H,4-7,16-18,20-21,23-24H2,1-3H3,(H,51,64)(H,54,55,56)/t35-,36+,37+,39?,43+,44+/m0/s1. The van der Waals surface area contributed by atoms with Crippen molar-refractivity contribution in [3.63, 3.8) is 0 Å². The summed E-state index contributed by atoms with van der Waals surface area (Å²) in [6, 6.07) is 16.6. The Labute approximate surface area is 416 Å². The van der Waals surface area contributed by atoms with Gasteiger partial charge in [0.25, 0.3) is 6.01 Å². The number of unbranched alkanes of at least 4 members (excludes halogenated alkanes) is 2. The summed E-state index contributed by atoms with van der Waals surface area (Å²) >= 11 is 14.6. The van der Waals surface area contributed by atoms with Crippen molar-refractivity contribution >= 4 is 57.3 Å². The van der Waals surface area contributed by atoms with Crippen LogP contribution in [0.4, 0.5) is 0 Å². The lowest BCUT2D eigenvalue weighted by atomic mass is 9.99. The second kappa shape index (κ2) is 20.9. The van der Waals surface area contributed by atoms with Crippen LogP contribution in [0.1, 0.15) is 77.1 Å². The van der Waals surface area contributed by atoms with E-state index in [0.717, 1.165) is 58.1 Å². The van der Waals surface area contributed by atoms with Crippen molar-refractivity contribution < 1.29 is 34.0 Å². The highest BCUT2D eigenvalue weighted by Crippen LogP contribution is 2.40. The molecule has 366 valence electrons. The number of imidazole rings is 1. The minimum Gasteiger partial charge on any atom is -0.492 e. The highest BCUT2D eigenvalue weighted by molar-refractivity contribution is 7.15. The Hall–Kier alpha value is -5.84. The second-order valence-electron chi connectivity index (χ2n) is 17.6. The Morgan fingerprint density at radius 2 is 1.79 bits per heavy atom. The largest absolute Gasteiger partial charge is 0.492 e. The number of aryl methyl sites for hydroxylation is 3. The van der Waals surface area contributed by atoms with Crippen LogP contribution in [0.2, 0.25) is 10.0 Å². The molecule has 5 aromatic heterocycles. The van der Waals surface area contributed by atoms with Crippen molar-refractivity contribution in [2.24, 2.45) is 4.99 Å². The number of benzene rings is 2. The molecule has 2 aromatic carbocycles. The summed E-state index contributed by atoms with van der Waals surface area (Å²) < 4.78 is 27.0. The number of pyridine rings is 1. The molecule has 3 aliphatic heterocycles. The van der Waals surface area contributed by atoms with Gasteiger partial charge in [0, 0.05) is 58.7 Å². The number of ether oxygens (including phenoxy) is 4. The van der Waals surface area contributed by atoms with E-state index in [1.165, 1.54) is 4.88 Å². The summed E-state index contributed by atoms with van der Waals surface area (Å²) in [5.41, 5.74) is 7.04. The Bertz CT molecular complexity index is 3010. The lowest BCUT2D eigenvalue weighted by molar-refractivity contribution is -0.121. The normalized spacial score (nSPS) is 19.9. The Balaban J connectivity index is 0.631. The molecule has 7 aromatic rings. The van der Waals surface area contributed by atoms with E-state index in [1.807, 2.05) is 61.7 Å². The topological polar surface area (TPSA) is 234 Å². The van der Waals surface area contributed by atoms with Gasteiger partial charge in [0.15, 0.2) is 17.6 Å². The highest BCUT2D eigenvalue weighted by atomic mass is 35.5. The summed E-state index contributed by atoms with van der Waals surface area (Å²) in [4.78, 5) is 31.3. The van der Waals surface area contributed by atoms with Crippen molar-refractivity contribution in [3.8, 4) is 28.0 Å². The number of aliphatic imine (C=N–C) groups is 1. The van der Waals surface area contributed by atoms with E-state index in [-0.39, 0.29) is 37.7 Å². The van der Waals surface area contributed by atoms with Crippen LogP contribution in [0.15, 0.2) is 65.8 Å². The summed E-state index contributed by atoms with van der Waals surface area (Å²) in [5.74, 6) is 2.04. The van der Waals surface area contributed by atoms with Crippen LogP contribution in [-0.4, -0.2) is 124 Å². The van der Waals surface area contributed by atoms with Crippen LogP contribution in [0.25, 0.3) is 27.4 Å². The zero-order valence-electron chi connectivity index (χ0n) is 38.6. The number of hydrogen-bond acceptors (Lipinski definition) is 16. The van der Waals surface area contributed by atoms with E-state index in [4.69, 9.17) is 47.1 Å². The Morgan fingerprint density at radius 1 is 0.986 bits per heavy atom. The van der Waals surface area contributed by atoms with Crippen molar-refractivity contribution in [3.05, 3.63) is 110 Å². The number of fused-ring (bicyclic) bond motifs is 5. The predicted molar refractivity (Wildman–Crippen MR) is 262 cm³/mol. The maximum atomic E-state index is 12.6. The third kappa shape index (κ3) is 10.3. The van der Waals surface area contributed by atoms with Gasteiger partial charge in [-0.15, -0.1) is 26.6 Å². The molecule has 0 bridgehead atoms. The van der Waals surface area contributed by atoms with Gasteiger partial charge in [0.2, 0.25) is 5.91 Å². The number of amides is 1. The van der Waals surface area contributed by atoms with Gasteiger partial charge < -0.3 is 39.5 Å². The third-order valence-electron chi connectivity index (χ3n) is 12.7. The predicted octanol–water partition coefficient (Wildman–Crippen LogP) is 6.14. The number of carbonyl (C=O) groups excluding carboxylic acids is 1. The molecule has 2 fully saturated rings. The zero-order chi connectivity index (χ0) is 48.5. The molecule has 6 atom stereocenters. The van der Waals surface area contributed by atoms with Gasteiger partial charge in [0.1, 0.15) is 53.8 Å². The number of aliphatic hydroxyl groups excluding tert-OH is 2. The zero-order valence-corrected chi connectivity index (χ0v) is 41.0. The number of aromatic amines is 1. The molecule has 8 heterocycles. The third-order valence-corrected chi connectivity index (χ3v) is 14.4. The molecular formula is C48H52Cl2N12O7S. The minimum absolute atomic E-state index is 0.0338. The van der Waals surface area contributed by atoms with E-state index in [9.17, 15) is 15.0 Å². The first-order valence-corrected chi connectivity index (χ1v) is 24.8. The molecule has 10 rings (SSSR count).